The zero-order chi connectivity index (χ0) is 12.8. The van der Waals surface area contributed by atoms with Crippen LogP contribution >= 0.6 is 11.6 Å². The maximum Gasteiger partial charge on any atom is 0.123 e. The number of halogens is 1. The van der Waals surface area contributed by atoms with Gasteiger partial charge in [-0.25, -0.2) is 0 Å². The van der Waals surface area contributed by atoms with Crippen molar-refractivity contribution in [3.63, 3.8) is 0 Å². The summed E-state index contributed by atoms with van der Waals surface area (Å²) in [5, 5.41) is 9.50. The smallest absolute Gasteiger partial charge is 0.123 e. The molecule has 0 unspecified atom stereocenters. The third-order valence-electron chi connectivity index (χ3n) is 2.61. The van der Waals surface area contributed by atoms with Crippen LogP contribution in [0, 0.1) is 0 Å². The van der Waals surface area contributed by atoms with Crippen molar-refractivity contribution < 1.29 is 9.84 Å². The second-order valence-corrected chi connectivity index (χ2v) is 4.42. The molecule has 0 aliphatic carbocycles. The van der Waals surface area contributed by atoms with Gasteiger partial charge in [0.2, 0.25) is 0 Å². The van der Waals surface area contributed by atoms with Crippen molar-refractivity contribution >= 4 is 11.6 Å². The van der Waals surface area contributed by atoms with E-state index in [9.17, 15) is 0 Å². The Hall–Kier alpha value is -1.51. The van der Waals surface area contributed by atoms with E-state index in [-0.39, 0.29) is 6.61 Å². The lowest BCUT2D eigenvalue weighted by Gasteiger charge is -2.11. The number of benzene rings is 2. The van der Waals surface area contributed by atoms with Crippen molar-refractivity contribution in [1.82, 2.24) is 0 Å². The summed E-state index contributed by atoms with van der Waals surface area (Å²) >= 11 is 6.01. The van der Waals surface area contributed by atoms with Gasteiger partial charge < -0.3 is 9.84 Å². The Morgan fingerprint density at radius 1 is 1.06 bits per heavy atom. The molecule has 0 saturated carbocycles. The number of hydrogen-bond acceptors (Lipinski definition) is 2. The molecule has 0 aromatic heterocycles. The molecule has 2 nitrogen and oxygen atoms in total. The van der Waals surface area contributed by atoms with E-state index in [0.29, 0.717) is 11.6 Å². The molecule has 2 aromatic rings. The zero-order valence-corrected chi connectivity index (χ0v) is 10.7. The molecule has 3 heteroatoms. The van der Waals surface area contributed by atoms with E-state index in [2.05, 4.69) is 12.1 Å². The first-order chi connectivity index (χ1) is 8.79. The summed E-state index contributed by atoms with van der Waals surface area (Å²) in [6.45, 7) is 0.302. The summed E-state index contributed by atoms with van der Waals surface area (Å²) in [5.41, 5.74) is 2.23. The molecule has 0 heterocycles. The maximum absolute atomic E-state index is 8.81. The van der Waals surface area contributed by atoms with Crippen molar-refractivity contribution in [2.24, 2.45) is 0 Å². The average molecular weight is 263 g/mol. The van der Waals surface area contributed by atoms with Gasteiger partial charge in [0, 0.05) is 11.4 Å². The fourth-order valence-corrected chi connectivity index (χ4v) is 1.99. The highest BCUT2D eigenvalue weighted by molar-refractivity contribution is 6.30. The third-order valence-corrected chi connectivity index (χ3v) is 2.84. The Kier molecular flexibility index (Phi) is 4.62. The molecular formula is C15H15ClO2. The number of hydrogen-bond donors (Lipinski definition) is 1. The van der Waals surface area contributed by atoms with Crippen LogP contribution in [0.25, 0.3) is 0 Å². The van der Waals surface area contributed by atoms with Gasteiger partial charge in [0.1, 0.15) is 12.4 Å². The summed E-state index contributed by atoms with van der Waals surface area (Å²) in [6.07, 6.45) is 0.766. The molecule has 0 fully saturated rings. The number of aliphatic hydroxyl groups excluding tert-OH is 1. The second-order valence-electron chi connectivity index (χ2n) is 3.99. The van der Waals surface area contributed by atoms with Crippen molar-refractivity contribution in [2.45, 2.75) is 6.42 Å². The fraction of sp³-hybridized carbons (Fsp3) is 0.200. The van der Waals surface area contributed by atoms with Crippen LogP contribution in [-0.4, -0.2) is 18.3 Å². The predicted octanol–water partition coefficient (Wildman–Crippen LogP) is 3.30. The Morgan fingerprint density at radius 3 is 2.56 bits per heavy atom. The topological polar surface area (TPSA) is 29.5 Å². The Bertz CT molecular complexity index is 497. The molecule has 0 amide bonds. The molecule has 18 heavy (non-hydrogen) atoms. The average Bonchev–Trinajstić information content (AvgIpc) is 2.39. The lowest BCUT2D eigenvalue weighted by atomic mass is 10.0. The van der Waals surface area contributed by atoms with Crippen LogP contribution in [0.2, 0.25) is 5.02 Å². The van der Waals surface area contributed by atoms with Gasteiger partial charge in [-0.15, -0.1) is 0 Å². The van der Waals surface area contributed by atoms with Gasteiger partial charge in [-0.2, -0.15) is 0 Å². The van der Waals surface area contributed by atoms with Crippen molar-refractivity contribution in [3.05, 3.63) is 64.7 Å². The molecule has 0 aliphatic rings. The lowest BCUT2D eigenvalue weighted by molar-refractivity contribution is 0.200. The number of ether oxygens (including phenoxy) is 1. The van der Waals surface area contributed by atoms with Crippen molar-refractivity contribution in [3.8, 4) is 5.75 Å². The summed E-state index contributed by atoms with van der Waals surface area (Å²) in [6, 6.07) is 15.7. The van der Waals surface area contributed by atoms with Crippen LogP contribution in [0.4, 0.5) is 0 Å². The minimum absolute atomic E-state index is 0.00734. The number of aliphatic hydroxyl groups is 1. The SMILES string of the molecule is OCCOc1ccc(Cl)cc1Cc1ccccc1. The molecule has 0 saturated heterocycles. The normalized spacial score (nSPS) is 10.3. The van der Waals surface area contributed by atoms with Crippen LogP contribution in [-0.2, 0) is 6.42 Å². The van der Waals surface area contributed by atoms with Crippen LogP contribution < -0.4 is 4.74 Å². The van der Waals surface area contributed by atoms with Crippen LogP contribution in [0.1, 0.15) is 11.1 Å². The quantitative estimate of drug-likeness (QED) is 0.896. The molecule has 1 N–H and O–H groups in total. The summed E-state index contributed by atoms with van der Waals surface area (Å²) in [4.78, 5) is 0. The van der Waals surface area contributed by atoms with Gasteiger partial charge in [0.25, 0.3) is 0 Å². The van der Waals surface area contributed by atoms with Crippen LogP contribution in [0.5, 0.6) is 5.75 Å². The first-order valence-electron chi connectivity index (χ1n) is 5.85. The van der Waals surface area contributed by atoms with Gasteiger partial charge in [0.15, 0.2) is 0 Å². The first kappa shape index (κ1) is 12.9. The maximum atomic E-state index is 8.81. The third kappa shape index (κ3) is 3.49. The molecule has 0 aliphatic heterocycles. The molecular weight excluding hydrogens is 248 g/mol. The highest BCUT2D eigenvalue weighted by Crippen LogP contribution is 2.25. The minimum Gasteiger partial charge on any atom is -0.491 e. The van der Waals surface area contributed by atoms with Crippen LogP contribution in [0.3, 0.4) is 0 Å². The summed E-state index contributed by atoms with van der Waals surface area (Å²) < 4.78 is 5.50. The van der Waals surface area contributed by atoms with E-state index in [1.807, 2.05) is 30.3 Å². The second kappa shape index (κ2) is 6.43. The highest BCUT2D eigenvalue weighted by atomic mass is 35.5. The highest BCUT2D eigenvalue weighted by Gasteiger charge is 2.05. The summed E-state index contributed by atoms with van der Waals surface area (Å²) in [5.74, 6) is 0.775. The standard InChI is InChI=1S/C15H15ClO2/c16-14-6-7-15(18-9-8-17)13(11-14)10-12-4-2-1-3-5-12/h1-7,11,17H,8-10H2. The molecule has 2 aromatic carbocycles. The van der Waals surface area contributed by atoms with E-state index < -0.39 is 0 Å². The Morgan fingerprint density at radius 2 is 1.83 bits per heavy atom. The van der Waals surface area contributed by atoms with Gasteiger partial charge in [-0.1, -0.05) is 41.9 Å². The molecule has 94 valence electrons. The molecule has 0 spiro atoms. The Labute approximate surface area is 112 Å². The number of rotatable bonds is 5. The largest absolute Gasteiger partial charge is 0.491 e. The van der Waals surface area contributed by atoms with E-state index in [1.165, 1.54) is 5.56 Å². The van der Waals surface area contributed by atoms with E-state index >= 15 is 0 Å². The zero-order valence-electron chi connectivity index (χ0n) is 9.97. The monoisotopic (exact) mass is 262 g/mol. The molecule has 2 rings (SSSR count). The molecule has 0 bridgehead atoms. The van der Waals surface area contributed by atoms with Crippen molar-refractivity contribution in [1.29, 1.82) is 0 Å². The van der Waals surface area contributed by atoms with Gasteiger partial charge in [-0.3, -0.25) is 0 Å². The first-order valence-corrected chi connectivity index (χ1v) is 6.23. The van der Waals surface area contributed by atoms with Gasteiger partial charge >= 0.3 is 0 Å². The van der Waals surface area contributed by atoms with Gasteiger partial charge in [0.05, 0.1) is 6.61 Å². The fourth-order valence-electron chi connectivity index (χ4n) is 1.80. The summed E-state index contributed by atoms with van der Waals surface area (Å²) in [7, 11) is 0. The van der Waals surface area contributed by atoms with E-state index in [0.717, 1.165) is 17.7 Å². The predicted molar refractivity (Wildman–Crippen MR) is 73.3 cm³/mol. The minimum atomic E-state index is 0.00734. The Balaban J connectivity index is 2.22. The van der Waals surface area contributed by atoms with E-state index in [1.54, 1.807) is 6.07 Å². The lowest BCUT2D eigenvalue weighted by Crippen LogP contribution is -2.04. The van der Waals surface area contributed by atoms with Gasteiger partial charge in [-0.05, 0) is 29.3 Å². The van der Waals surface area contributed by atoms with Crippen molar-refractivity contribution in [2.75, 3.05) is 13.2 Å². The molecule has 0 radical (unpaired) electrons. The molecule has 0 atom stereocenters. The van der Waals surface area contributed by atoms with Crippen LogP contribution in [0.15, 0.2) is 48.5 Å². The van der Waals surface area contributed by atoms with E-state index in [4.69, 9.17) is 21.4 Å².